The SMILES string of the molecule is CC(C)c1nccc(N2CCCC2C2COCCC2(C)O)n1. The van der Waals surface area contributed by atoms with E-state index in [1.165, 1.54) is 0 Å². The quantitative estimate of drug-likeness (QED) is 0.929. The molecule has 5 nitrogen and oxygen atoms in total. The Hall–Kier alpha value is -1.20. The van der Waals surface area contributed by atoms with Crippen LogP contribution in [0.15, 0.2) is 12.3 Å². The zero-order chi connectivity index (χ0) is 15.7. The molecule has 5 heteroatoms. The van der Waals surface area contributed by atoms with Crippen molar-refractivity contribution in [2.24, 2.45) is 5.92 Å². The number of rotatable bonds is 3. The summed E-state index contributed by atoms with van der Waals surface area (Å²) < 4.78 is 5.66. The second-order valence-electron chi connectivity index (χ2n) is 7.12. The van der Waals surface area contributed by atoms with Crippen LogP contribution in [-0.4, -0.2) is 46.5 Å². The number of hydrogen-bond donors (Lipinski definition) is 1. The van der Waals surface area contributed by atoms with Gasteiger partial charge in [0.25, 0.3) is 0 Å². The lowest BCUT2D eigenvalue weighted by atomic mass is 9.79. The Bertz CT molecular complexity index is 518. The fraction of sp³-hybridized carbons (Fsp3) is 0.765. The molecule has 0 saturated carbocycles. The van der Waals surface area contributed by atoms with Gasteiger partial charge in [-0.2, -0.15) is 0 Å². The van der Waals surface area contributed by atoms with E-state index in [4.69, 9.17) is 9.72 Å². The molecule has 0 aliphatic carbocycles. The fourth-order valence-electron chi connectivity index (χ4n) is 3.68. The number of nitrogens with zero attached hydrogens (tertiary/aromatic N) is 3. The maximum Gasteiger partial charge on any atom is 0.133 e. The summed E-state index contributed by atoms with van der Waals surface area (Å²) >= 11 is 0. The highest BCUT2D eigenvalue weighted by Gasteiger charge is 2.44. The van der Waals surface area contributed by atoms with Crippen molar-refractivity contribution in [3.05, 3.63) is 18.1 Å². The summed E-state index contributed by atoms with van der Waals surface area (Å²) in [6.07, 6.45) is 4.79. The highest BCUT2D eigenvalue weighted by Crippen LogP contribution is 2.37. The average molecular weight is 305 g/mol. The lowest BCUT2D eigenvalue weighted by Gasteiger charge is -2.43. The smallest absolute Gasteiger partial charge is 0.133 e. The van der Waals surface area contributed by atoms with Gasteiger partial charge in [0.1, 0.15) is 11.6 Å². The van der Waals surface area contributed by atoms with Crippen molar-refractivity contribution in [3.8, 4) is 0 Å². The zero-order valence-corrected chi connectivity index (χ0v) is 13.8. The molecule has 1 N–H and O–H groups in total. The summed E-state index contributed by atoms with van der Waals surface area (Å²) in [7, 11) is 0. The van der Waals surface area contributed by atoms with E-state index >= 15 is 0 Å². The van der Waals surface area contributed by atoms with Gasteiger partial charge < -0.3 is 14.7 Å². The third-order valence-electron chi connectivity index (χ3n) is 5.08. The summed E-state index contributed by atoms with van der Waals surface area (Å²) in [5, 5.41) is 10.8. The van der Waals surface area contributed by atoms with Gasteiger partial charge in [0.2, 0.25) is 0 Å². The van der Waals surface area contributed by atoms with Crippen molar-refractivity contribution < 1.29 is 9.84 Å². The molecule has 0 bridgehead atoms. The van der Waals surface area contributed by atoms with Crippen molar-refractivity contribution in [2.45, 2.75) is 57.6 Å². The van der Waals surface area contributed by atoms with Crippen molar-refractivity contribution in [3.63, 3.8) is 0 Å². The molecule has 3 heterocycles. The standard InChI is InChI=1S/C17H27N3O2/c1-12(2)16-18-8-6-15(19-16)20-9-4-5-14(20)13-11-22-10-7-17(13,3)21/h6,8,12-14,21H,4-5,7,9-11H2,1-3H3. The van der Waals surface area contributed by atoms with E-state index in [0.717, 1.165) is 31.0 Å². The molecule has 22 heavy (non-hydrogen) atoms. The Kier molecular flexibility index (Phi) is 4.37. The van der Waals surface area contributed by atoms with Gasteiger partial charge in [-0.15, -0.1) is 0 Å². The van der Waals surface area contributed by atoms with Crippen molar-refractivity contribution >= 4 is 5.82 Å². The maximum absolute atomic E-state index is 10.8. The predicted octanol–water partition coefficient (Wildman–Crippen LogP) is 2.36. The Morgan fingerprint density at radius 3 is 3.00 bits per heavy atom. The van der Waals surface area contributed by atoms with Crippen molar-refractivity contribution in [1.29, 1.82) is 0 Å². The topological polar surface area (TPSA) is 58.5 Å². The van der Waals surface area contributed by atoms with Gasteiger partial charge in [0, 0.05) is 37.2 Å². The van der Waals surface area contributed by atoms with Crippen LogP contribution in [0.25, 0.3) is 0 Å². The molecule has 0 amide bonds. The molecule has 0 radical (unpaired) electrons. The van der Waals surface area contributed by atoms with E-state index in [1.54, 1.807) is 0 Å². The highest BCUT2D eigenvalue weighted by molar-refractivity contribution is 5.41. The van der Waals surface area contributed by atoms with E-state index in [2.05, 4.69) is 23.7 Å². The van der Waals surface area contributed by atoms with E-state index in [0.29, 0.717) is 31.6 Å². The van der Waals surface area contributed by atoms with Crippen LogP contribution in [-0.2, 0) is 4.74 Å². The molecule has 1 aromatic rings. The van der Waals surface area contributed by atoms with Crippen LogP contribution in [0.5, 0.6) is 0 Å². The summed E-state index contributed by atoms with van der Waals surface area (Å²) in [6, 6.07) is 2.29. The Labute approximate surface area is 132 Å². The van der Waals surface area contributed by atoms with Crippen LogP contribution in [0.2, 0.25) is 0 Å². The van der Waals surface area contributed by atoms with Crippen LogP contribution in [0, 0.1) is 5.92 Å². The fourth-order valence-corrected chi connectivity index (χ4v) is 3.68. The normalized spacial score (nSPS) is 32.7. The number of hydrogen-bond acceptors (Lipinski definition) is 5. The van der Waals surface area contributed by atoms with Gasteiger partial charge in [-0.05, 0) is 32.3 Å². The predicted molar refractivity (Wildman–Crippen MR) is 86.0 cm³/mol. The Morgan fingerprint density at radius 1 is 1.45 bits per heavy atom. The first-order valence-corrected chi connectivity index (χ1v) is 8.39. The van der Waals surface area contributed by atoms with E-state index in [9.17, 15) is 5.11 Å². The largest absolute Gasteiger partial charge is 0.390 e. The average Bonchev–Trinajstić information content (AvgIpc) is 2.96. The number of aliphatic hydroxyl groups is 1. The molecule has 2 aliphatic heterocycles. The van der Waals surface area contributed by atoms with Gasteiger partial charge >= 0.3 is 0 Å². The van der Waals surface area contributed by atoms with Gasteiger partial charge in [0.15, 0.2) is 0 Å². The molecule has 3 unspecified atom stereocenters. The molecule has 0 aromatic carbocycles. The Balaban J connectivity index is 1.85. The second kappa shape index (κ2) is 6.13. The summed E-state index contributed by atoms with van der Waals surface area (Å²) in [6.45, 7) is 8.46. The van der Waals surface area contributed by atoms with Gasteiger partial charge in [0.05, 0.1) is 12.2 Å². The van der Waals surface area contributed by atoms with Gasteiger partial charge in [-0.1, -0.05) is 13.8 Å². The maximum atomic E-state index is 10.8. The van der Waals surface area contributed by atoms with Crippen molar-refractivity contribution in [2.75, 3.05) is 24.7 Å². The summed E-state index contributed by atoms with van der Waals surface area (Å²) in [5.74, 6) is 2.33. The zero-order valence-electron chi connectivity index (χ0n) is 13.8. The van der Waals surface area contributed by atoms with E-state index in [-0.39, 0.29) is 5.92 Å². The monoisotopic (exact) mass is 305 g/mol. The first-order valence-electron chi connectivity index (χ1n) is 8.39. The minimum Gasteiger partial charge on any atom is -0.390 e. The molecule has 2 fully saturated rings. The van der Waals surface area contributed by atoms with E-state index < -0.39 is 5.60 Å². The third kappa shape index (κ3) is 2.97. The first-order chi connectivity index (χ1) is 10.5. The molecular formula is C17H27N3O2. The minimum absolute atomic E-state index is 0.140. The van der Waals surface area contributed by atoms with Gasteiger partial charge in [-0.25, -0.2) is 9.97 Å². The number of ether oxygens (including phenoxy) is 1. The van der Waals surface area contributed by atoms with Crippen LogP contribution in [0.4, 0.5) is 5.82 Å². The Morgan fingerprint density at radius 2 is 2.27 bits per heavy atom. The first kappa shape index (κ1) is 15.7. The molecule has 122 valence electrons. The molecule has 3 atom stereocenters. The number of anilines is 1. The van der Waals surface area contributed by atoms with Crippen LogP contribution >= 0.6 is 0 Å². The second-order valence-corrected chi connectivity index (χ2v) is 7.12. The molecular weight excluding hydrogens is 278 g/mol. The third-order valence-corrected chi connectivity index (χ3v) is 5.08. The minimum atomic E-state index is -0.653. The molecule has 3 rings (SSSR count). The highest BCUT2D eigenvalue weighted by atomic mass is 16.5. The van der Waals surface area contributed by atoms with Crippen LogP contribution in [0.3, 0.4) is 0 Å². The summed E-state index contributed by atoms with van der Waals surface area (Å²) in [4.78, 5) is 11.5. The van der Waals surface area contributed by atoms with E-state index in [1.807, 2.05) is 19.2 Å². The lowest BCUT2D eigenvalue weighted by molar-refractivity contribution is -0.108. The number of aromatic nitrogens is 2. The summed E-state index contributed by atoms with van der Waals surface area (Å²) in [5.41, 5.74) is -0.653. The van der Waals surface area contributed by atoms with Crippen LogP contribution in [0.1, 0.15) is 51.8 Å². The molecule has 1 aromatic heterocycles. The lowest BCUT2D eigenvalue weighted by Crippen LogP contribution is -2.52. The van der Waals surface area contributed by atoms with Crippen molar-refractivity contribution in [1.82, 2.24) is 9.97 Å². The van der Waals surface area contributed by atoms with Crippen LogP contribution < -0.4 is 4.90 Å². The molecule has 2 aliphatic rings. The van der Waals surface area contributed by atoms with Gasteiger partial charge in [-0.3, -0.25) is 0 Å². The molecule has 0 spiro atoms. The molecule has 2 saturated heterocycles.